The molecule has 0 aromatic heterocycles. The number of rotatable bonds is 59. The molecule has 0 aromatic carbocycles. The van der Waals surface area contributed by atoms with Gasteiger partial charge in [-0.25, -0.2) is 0 Å². The molecule has 0 aliphatic carbocycles. The highest BCUT2D eigenvalue weighted by molar-refractivity contribution is 5.80. The summed E-state index contributed by atoms with van der Waals surface area (Å²) < 4.78 is 17.7. The number of aliphatic hydroxyl groups excluding tert-OH is 5. The quantitative estimate of drug-likeness (QED) is 0.0195. The minimum Gasteiger partial charge on any atom is -0.454 e. The largest absolute Gasteiger partial charge is 0.454 e. The molecule has 1 heterocycles. The van der Waals surface area contributed by atoms with Crippen LogP contribution in [-0.2, 0) is 23.8 Å². The summed E-state index contributed by atoms with van der Waals surface area (Å²) in [5.74, 6) is -1.20. The van der Waals surface area contributed by atoms with Gasteiger partial charge in [0.25, 0.3) is 0 Å². The molecule has 8 unspecified atom stereocenters. The van der Waals surface area contributed by atoms with E-state index in [9.17, 15) is 35.1 Å². The summed E-state index contributed by atoms with van der Waals surface area (Å²) in [5.41, 5.74) is 0. The number of aliphatic hydroxyl groups is 5. The fraction of sp³-hybridized carbons (Fsp3) is 0.806. The number of hydrogen-bond acceptors (Lipinski definition) is 10. The van der Waals surface area contributed by atoms with E-state index >= 15 is 0 Å². The van der Waals surface area contributed by atoms with Gasteiger partial charge >= 0.3 is 5.97 Å². The smallest absolute Gasteiger partial charge is 0.306 e. The Balaban J connectivity index is 2.58. The van der Waals surface area contributed by atoms with Crippen LogP contribution < -0.4 is 5.32 Å². The first-order valence-corrected chi connectivity index (χ1v) is 34.7. The Hall–Kier alpha value is -2.90. The molecule has 83 heavy (non-hydrogen) atoms. The average molecular weight is 1170 g/mol. The van der Waals surface area contributed by atoms with Gasteiger partial charge in [0.2, 0.25) is 5.91 Å². The molecule has 1 aliphatic rings. The molecule has 11 heteroatoms. The minimum absolute atomic E-state index is 0.121. The number of ether oxygens (including phenoxy) is 3. The van der Waals surface area contributed by atoms with Gasteiger partial charge in [-0.1, -0.05) is 280 Å². The maximum atomic E-state index is 13.5. The third-order valence-corrected chi connectivity index (χ3v) is 16.1. The van der Waals surface area contributed by atoms with Crippen molar-refractivity contribution in [2.45, 2.75) is 359 Å². The van der Waals surface area contributed by atoms with E-state index in [1.807, 2.05) is 6.08 Å². The highest BCUT2D eigenvalue weighted by Gasteiger charge is 2.47. The van der Waals surface area contributed by atoms with E-state index < -0.39 is 67.4 Å². The summed E-state index contributed by atoms with van der Waals surface area (Å²) in [6, 6.07) is -1.03. The number of allylic oxidation sites excluding steroid dienone is 11. The van der Waals surface area contributed by atoms with Crippen molar-refractivity contribution in [3.8, 4) is 0 Å². The van der Waals surface area contributed by atoms with Crippen LogP contribution in [0.3, 0.4) is 0 Å². The van der Waals surface area contributed by atoms with Crippen molar-refractivity contribution in [1.29, 1.82) is 0 Å². The summed E-state index contributed by atoms with van der Waals surface area (Å²) in [6.45, 7) is 5.75. The van der Waals surface area contributed by atoms with Gasteiger partial charge in [-0.05, 0) is 96.3 Å². The van der Waals surface area contributed by atoms with Gasteiger partial charge in [-0.15, -0.1) is 0 Å². The number of hydrogen-bond donors (Lipinski definition) is 6. The average Bonchev–Trinajstić information content (AvgIpc) is 3.61. The van der Waals surface area contributed by atoms with Crippen LogP contribution in [0.2, 0.25) is 0 Å². The summed E-state index contributed by atoms with van der Waals surface area (Å²) in [7, 11) is 0. The van der Waals surface area contributed by atoms with Crippen molar-refractivity contribution in [3.63, 3.8) is 0 Å². The third kappa shape index (κ3) is 46.9. The van der Waals surface area contributed by atoms with Gasteiger partial charge in [-0.2, -0.15) is 0 Å². The van der Waals surface area contributed by atoms with E-state index in [2.05, 4.69) is 86.8 Å². The van der Waals surface area contributed by atoms with Crippen molar-refractivity contribution in [1.82, 2.24) is 5.32 Å². The molecule has 0 saturated carbocycles. The van der Waals surface area contributed by atoms with Gasteiger partial charge in [0.05, 0.1) is 25.4 Å². The van der Waals surface area contributed by atoms with Crippen LogP contribution in [0.5, 0.6) is 0 Å². The molecule has 1 fully saturated rings. The van der Waals surface area contributed by atoms with Gasteiger partial charge in [0.15, 0.2) is 12.4 Å². The lowest BCUT2D eigenvalue weighted by atomic mass is 9.99. The van der Waals surface area contributed by atoms with E-state index in [-0.39, 0.29) is 19.4 Å². The zero-order valence-electron chi connectivity index (χ0n) is 53.6. The molecule has 0 bridgehead atoms. The van der Waals surface area contributed by atoms with Crippen LogP contribution in [-0.4, -0.2) is 99.6 Å². The van der Waals surface area contributed by atoms with E-state index in [1.54, 1.807) is 6.08 Å². The minimum atomic E-state index is -1.62. The van der Waals surface area contributed by atoms with Crippen molar-refractivity contribution >= 4 is 11.9 Å². The Bertz CT molecular complexity index is 1630. The second kappa shape index (κ2) is 59.4. The number of amides is 1. The molecule has 1 saturated heterocycles. The zero-order valence-corrected chi connectivity index (χ0v) is 53.6. The zero-order chi connectivity index (χ0) is 60.3. The number of carbonyl (C=O) groups excluding carboxylic acids is 2. The van der Waals surface area contributed by atoms with Gasteiger partial charge < -0.3 is 45.1 Å². The molecule has 482 valence electrons. The highest BCUT2D eigenvalue weighted by atomic mass is 16.7. The molecule has 6 N–H and O–H groups in total. The lowest BCUT2D eigenvalue weighted by Gasteiger charge is -2.41. The monoisotopic (exact) mass is 1170 g/mol. The molecule has 11 nitrogen and oxygen atoms in total. The van der Waals surface area contributed by atoms with Crippen LogP contribution >= 0.6 is 0 Å². The van der Waals surface area contributed by atoms with Crippen molar-refractivity contribution in [2.75, 3.05) is 13.2 Å². The van der Waals surface area contributed by atoms with Gasteiger partial charge in [0.1, 0.15) is 24.4 Å². The summed E-state index contributed by atoms with van der Waals surface area (Å²) in [4.78, 5) is 26.6. The van der Waals surface area contributed by atoms with Crippen molar-refractivity contribution < 1.29 is 49.3 Å². The Labute approximate surface area is 509 Å². The first-order chi connectivity index (χ1) is 40.7. The standard InChI is InChI=1S/C72H129NO10/c1-4-7-10-13-16-19-22-24-26-28-30-32-33-34-36-38-40-42-45-48-51-54-57-60-67(77)83-70-69(79)68(78)66(61-74)82-72(70)81-62-63(64(75)58-55-52-49-46-43-21-18-15-12-9-6-3)73-71(80)65(76)59-56-53-50-47-44-41-39-37-35-31-29-27-25-23-20-17-14-11-8-5-2/h16-17,19-20,24-27,31,35,55,58,63-66,68-70,72,74-76,78-79H,4-15,18,21-23,28-30,32-34,36-54,56-57,59-62H2,1-3H3,(H,73,80)/b19-16-,20-17-,26-24-,27-25-,35-31-,58-55+. The second-order valence-corrected chi connectivity index (χ2v) is 23.9. The number of unbranched alkanes of at least 4 members (excludes halogenated alkanes) is 35. The van der Waals surface area contributed by atoms with Crippen molar-refractivity contribution in [2.24, 2.45) is 0 Å². The normalized spacial score (nSPS) is 19.0. The van der Waals surface area contributed by atoms with Gasteiger partial charge in [-0.3, -0.25) is 9.59 Å². The maximum Gasteiger partial charge on any atom is 0.306 e. The van der Waals surface area contributed by atoms with Crippen LogP contribution in [0.15, 0.2) is 72.9 Å². The topological polar surface area (TPSA) is 175 Å². The molecular formula is C72H129NO10. The van der Waals surface area contributed by atoms with E-state index in [4.69, 9.17) is 14.2 Å². The molecule has 1 rings (SSSR count). The Morgan fingerprint density at radius 3 is 1.27 bits per heavy atom. The third-order valence-electron chi connectivity index (χ3n) is 16.1. The fourth-order valence-electron chi connectivity index (χ4n) is 10.6. The van der Waals surface area contributed by atoms with Gasteiger partial charge in [0, 0.05) is 6.42 Å². The molecule has 0 radical (unpaired) electrons. The lowest BCUT2D eigenvalue weighted by Crippen LogP contribution is -2.61. The molecule has 8 atom stereocenters. The van der Waals surface area contributed by atoms with Crippen LogP contribution in [0.25, 0.3) is 0 Å². The first-order valence-electron chi connectivity index (χ1n) is 34.7. The Morgan fingerprint density at radius 2 is 0.831 bits per heavy atom. The van der Waals surface area contributed by atoms with Crippen LogP contribution in [0.4, 0.5) is 0 Å². The molecule has 1 amide bonds. The van der Waals surface area contributed by atoms with Crippen LogP contribution in [0, 0.1) is 0 Å². The summed E-state index contributed by atoms with van der Waals surface area (Å²) in [6.07, 6.45) is 66.5. The predicted octanol–water partition coefficient (Wildman–Crippen LogP) is 17.5. The summed E-state index contributed by atoms with van der Waals surface area (Å²) >= 11 is 0. The molecule has 1 aliphatic heterocycles. The Kier molecular flexibility index (Phi) is 55.9. The highest BCUT2D eigenvalue weighted by Crippen LogP contribution is 2.26. The van der Waals surface area contributed by atoms with E-state index in [0.29, 0.717) is 12.8 Å². The van der Waals surface area contributed by atoms with Crippen molar-refractivity contribution in [3.05, 3.63) is 72.9 Å². The van der Waals surface area contributed by atoms with Crippen LogP contribution in [0.1, 0.15) is 310 Å². The fourth-order valence-corrected chi connectivity index (χ4v) is 10.6. The second-order valence-electron chi connectivity index (χ2n) is 23.9. The SMILES string of the molecule is CCCCC/C=C\C/C=C\C/C=C\CCCCCCCCCC(O)C(=O)NC(COC1OC(CO)C(O)C(O)C1OC(=O)CCCCCCCCCCCCCCC/C=C\C/C=C\CCCCC)C(O)/C=C/CCCCCCCCCCC. The summed E-state index contributed by atoms with van der Waals surface area (Å²) in [5, 5.41) is 57.2. The van der Waals surface area contributed by atoms with E-state index in [1.165, 1.54) is 173 Å². The number of esters is 1. The maximum absolute atomic E-state index is 13.5. The number of carbonyl (C=O) groups is 2. The molecule has 0 aromatic rings. The lowest BCUT2D eigenvalue weighted by molar-refractivity contribution is -0.305. The molecule has 0 spiro atoms. The predicted molar refractivity (Wildman–Crippen MR) is 347 cm³/mol. The first kappa shape index (κ1) is 78.1. The molecular weight excluding hydrogens is 1040 g/mol. The number of nitrogens with one attached hydrogen (secondary N) is 1. The van der Waals surface area contributed by atoms with E-state index in [0.717, 1.165) is 89.9 Å². The Morgan fingerprint density at radius 1 is 0.470 bits per heavy atom.